The highest BCUT2D eigenvalue weighted by molar-refractivity contribution is 6.05. The van der Waals surface area contributed by atoms with Crippen molar-refractivity contribution < 1.29 is 19.2 Å². The van der Waals surface area contributed by atoms with Gasteiger partial charge in [0.2, 0.25) is 0 Å². The number of piperidine rings is 1. The van der Waals surface area contributed by atoms with Crippen molar-refractivity contribution in [2.45, 2.75) is 45.6 Å². The fourth-order valence-electron chi connectivity index (χ4n) is 3.87. The lowest BCUT2D eigenvalue weighted by molar-refractivity contribution is -0.383. The molecule has 2 aromatic rings. The Hall–Kier alpha value is -3.61. The van der Waals surface area contributed by atoms with Crippen molar-refractivity contribution in [2.75, 3.05) is 19.6 Å². The smallest absolute Gasteiger partial charge is 0.407 e. The van der Waals surface area contributed by atoms with Crippen LogP contribution in [0.3, 0.4) is 0 Å². The highest BCUT2D eigenvalue weighted by atomic mass is 16.6. The number of alkyl carbamates (subject to hydrolysis) is 1. The Balaban J connectivity index is 1.60. The number of fused-ring (bicyclic) bond motifs is 1. The summed E-state index contributed by atoms with van der Waals surface area (Å²) in [4.78, 5) is 40.3. The number of hydrogen-bond acceptors (Lipinski definition) is 6. The molecule has 32 heavy (non-hydrogen) atoms. The molecule has 1 saturated heterocycles. The topological polar surface area (TPSA) is 141 Å². The number of carbonyl (C=O) groups is 2. The first-order valence-corrected chi connectivity index (χ1v) is 10.6. The molecule has 0 radical (unpaired) electrons. The summed E-state index contributed by atoms with van der Waals surface area (Å²) < 4.78 is 5.22. The number of aromatic nitrogens is 1. The lowest BCUT2D eigenvalue weighted by atomic mass is 9.93. The summed E-state index contributed by atoms with van der Waals surface area (Å²) in [5.41, 5.74) is -0.129. The van der Waals surface area contributed by atoms with Crippen LogP contribution in [0.1, 0.15) is 56.1 Å². The number of nitro groups is 1. The van der Waals surface area contributed by atoms with Crippen molar-refractivity contribution in [2.24, 2.45) is 5.92 Å². The van der Waals surface area contributed by atoms with Crippen molar-refractivity contribution in [1.82, 2.24) is 15.2 Å². The summed E-state index contributed by atoms with van der Waals surface area (Å²) in [6.07, 6.45) is 1.81. The summed E-state index contributed by atoms with van der Waals surface area (Å²) >= 11 is 0. The van der Waals surface area contributed by atoms with Crippen LogP contribution in [0.5, 0.6) is 0 Å². The molecule has 10 heteroatoms. The van der Waals surface area contributed by atoms with Gasteiger partial charge in [-0.05, 0) is 64.2 Å². The van der Waals surface area contributed by atoms with Crippen molar-refractivity contribution in [1.29, 1.82) is 5.26 Å². The number of H-pyrrole nitrogens is 1. The lowest BCUT2D eigenvalue weighted by Gasteiger charge is -2.31. The average molecular weight is 441 g/mol. The van der Waals surface area contributed by atoms with E-state index in [9.17, 15) is 19.7 Å². The normalized spacial score (nSPS) is 14.8. The predicted octanol–water partition coefficient (Wildman–Crippen LogP) is 3.71. The number of nitriles is 1. The molecule has 0 bridgehead atoms. The molecule has 0 aliphatic carbocycles. The molecule has 0 saturated carbocycles. The number of aromatic amines is 1. The van der Waals surface area contributed by atoms with Crippen LogP contribution in [-0.4, -0.2) is 52.0 Å². The van der Waals surface area contributed by atoms with Gasteiger partial charge >= 0.3 is 11.8 Å². The van der Waals surface area contributed by atoms with Gasteiger partial charge < -0.3 is 19.9 Å². The number of carbonyl (C=O) groups excluding carboxylic acids is 2. The molecule has 2 heterocycles. The zero-order chi connectivity index (χ0) is 23.5. The van der Waals surface area contributed by atoms with E-state index in [2.05, 4.69) is 10.3 Å². The molecule has 2 amide bonds. The molecule has 0 unspecified atom stereocenters. The second-order valence-corrected chi connectivity index (χ2v) is 8.93. The van der Waals surface area contributed by atoms with E-state index in [0.717, 1.165) is 19.3 Å². The molecule has 3 rings (SSSR count). The minimum absolute atomic E-state index is 0.0647. The Morgan fingerprint density at radius 2 is 2.03 bits per heavy atom. The van der Waals surface area contributed by atoms with Gasteiger partial charge in [-0.2, -0.15) is 5.26 Å². The van der Waals surface area contributed by atoms with Crippen LogP contribution in [0.25, 0.3) is 10.9 Å². The maximum Gasteiger partial charge on any atom is 0.407 e. The van der Waals surface area contributed by atoms with Crippen LogP contribution in [0.2, 0.25) is 0 Å². The summed E-state index contributed by atoms with van der Waals surface area (Å²) in [5, 5.41) is 23.8. The van der Waals surface area contributed by atoms with E-state index in [1.165, 1.54) is 18.2 Å². The fraction of sp³-hybridized carbons (Fsp3) is 0.500. The second-order valence-electron chi connectivity index (χ2n) is 8.93. The quantitative estimate of drug-likeness (QED) is 0.535. The van der Waals surface area contributed by atoms with Gasteiger partial charge in [0.25, 0.3) is 5.91 Å². The first-order valence-electron chi connectivity index (χ1n) is 10.6. The van der Waals surface area contributed by atoms with Gasteiger partial charge in [0.1, 0.15) is 5.60 Å². The molecule has 1 aromatic carbocycles. The van der Waals surface area contributed by atoms with E-state index in [1.54, 1.807) is 25.7 Å². The van der Waals surface area contributed by atoms with Crippen molar-refractivity contribution in [3.63, 3.8) is 0 Å². The standard InChI is InChI=1S/C22H27N5O5/c1-22(2,3)32-21(29)24-9-6-14-7-10-26(11-8-14)20(28)18-19(27(30)31)16-5-4-15(13-23)12-17(16)25-18/h4-5,12,14,25H,6-11H2,1-3H3,(H,24,29). The summed E-state index contributed by atoms with van der Waals surface area (Å²) in [7, 11) is 0. The molecule has 2 N–H and O–H groups in total. The van der Waals surface area contributed by atoms with Gasteiger partial charge in [-0.15, -0.1) is 0 Å². The first-order chi connectivity index (χ1) is 15.1. The van der Waals surface area contributed by atoms with Gasteiger partial charge in [0, 0.05) is 19.6 Å². The van der Waals surface area contributed by atoms with E-state index in [4.69, 9.17) is 10.00 Å². The van der Waals surface area contributed by atoms with E-state index in [-0.39, 0.29) is 11.4 Å². The molecule has 10 nitrogen and oxygen atoms in total. The minimum atomic E-state index is -0.562. The summed E-state index contributed by atoms with van der Waals surface area (Å²) in [5.74, 6) is -0.0818. The summed E-state index contributed by atoms with van der Waals surface area (Å²) in [6.45, 7) is 6.86. The van der Waals surface area contributed by atoms with Crippen molar-refractivity contribution in [3.8, 4) is 6.07 Å². The van der Waals surface area contributed by atoms with Crippen LogP contribution < -0.4 is 5.32 Å². The van der Waals surface area contributed by atoms with Gasteiger partial charge in [0.05, 0.1) is 27.5 Å². The van der Waals surface area contributed by atoms with Gasteiger partial charge in [0.15, 0.2) is 5.69 Å². The fourth-order valence-corrected chi connectivity index (χ4v) is 3.87. The number of nitrogens with zero attached hydrogens (tertiary/aromatic N) is 3. The largest absolute Gasteiger partial charge is 0.444 e. The summed E-state index contributed by atoms with van der Waals surface area (Å²) in [6, 6.07) is 6.48. The number of ether oxygens (including phenoxy) is 1. The van der Waals surface area contributed by atoms with Crippen LogP contribution in [0.15, 0.2) is 18.2 Å². The van der Waals surface area contributed by atoms with E-state index in [0.29, 0.717) is 42.0 Å². The molecule has 0 atom stereocenters. The van der Waals surface area contributed by atoms with Crippen LogP contribution in [-0.2, 0) is 4.74 Å². The van der Waals surface area contributed by atoms with E-state index >= 15 is 0 Å². The minimum Gasteiger partial charge on any atom is -0.444 e. The van der Waals surface area contributed by atoms with Gasteiger partial charge in [-0.3, -0.25) is 14.9 Å². The second kappa shape index (κ2) is 9.26. The Kier molecular flexibility index (Phi) is 6.67. The Bertz CT molecular complexity index is 1070. The molecule has 1 aliphatic heterocycles. The van der Waals surface area contributed by atoms with Gasteiger partial charge in [-0.1, -0.05) is 0 Å². The molecule has 1 aliphatic rings. The molecular weight excluding hydrogens is 414 g/mol. The third kappa shape index (κ3) is 5.35. The van der Waals surface area contributed by atoms with E-state index < -0.39 is 22.5 Å². The van der Waals surface area contributed by atoms with Crippen molar-refractivity contribution >= 4 is 28.6 Å². The molecule has 170 valence electrons. The number of amides is 2. The monoisotopic (exact) mass is 441 g/mol. The maximum atomic E-state index is 13.0. The average Bonchev–Trinajstić information content (AvgIpc) is 3.11. The Morgan fingerprint density at radius 3 is 2.62 bits per heavy atom. The third-order valence-electron chi connectivity index (χ3n) is 5.42. The third-order valence-corrected chi connectivity index (χ3v) is 5.42. The molecule has 1 fully saturated rings. The first kappa shape index (κ1) is 23.1. The molecule has 1 aromatic heterocycles. The zero-order valence-electron chi connectivity index (χ0n) is 18.4. The number of rotatable bonds is 5. The Labute approximate surface area is 185 Å². The molecular formula is C22H27N5O5. The highest BCUT2D eigenvalue weighted by Crippen LogP contribution is 2.32. The zero-order valence-corrected chi connectivity index (χ0v) is 18.4. The SMILES string of the molecule is CC(C)(C)OC(=O)NCCC1CCN(C(=O)c2[nH]c3cc(C#N)ccc3c2[N+](=O)[O-])CC1. The van der Waals surface area contributed by atoms with Crippen molar-refractivity contribution in [3.05, 3.63) is 39.6 Å². The number of benzene rings is 1. The Morgan fingerprint density at radius 1 is 1.34 bits per heavy atom. The van der Waals surface area contributed by atoms with Gasteiger partial charge in [-0.25, -0.2) is 4.79 Å². The molecule has 0 spiro atoms. The highest BCUT2D eigenvalue weighted by Gasteiger charge is 2.32. The maximum absolute atomic E-state index is 13.0. The van der Waals surface area contributed by atoms with Crippen LogP contribution in [0, 0.1) is 27.4 Å². The predicted molar refractivity (Wildman–Crippen MR) is 117 cm³/mol. The van der Waals surface area contributed by atoms with Crippen LogP contribution >= 0.6 is 0 Å². The van der Waals surface area contributed by atoms with Crippen LogP contribution in [0.4, 0.5) is 10.5 Å². The number of hydrogen-bond donors (Lipinski definition) is 2. The lowest BCUT2D eigenvalue weighted by Crippen LogP contribution is -2.40. The van der Waals surface area contributed by atoms with E-state index in [1.807, 2.05) is 6.07 Å². The number of likely N-dealkylation sites (tertiary alicyclic amines) is 1. The number of nitrogens with one attached hydrogen (secondary N) is 2.